The highest BCUT2D eigenvalue weighted by Gasteiger charge is 2.14. The van der Waals surface area contributed by atoms with E-state index < -0.39 is 0 Å². The Morgan fingerprint density at radius 3 is 2.81 bits per heavy atom. The molecule has 0 aliphatic heterocycles. The van der Waals surface area contributed by atoms with Crippen LogP contribution in [0.15, 0.2) is 22.8 Å². The second-order valence-corrected chi connectivity index (χ2v) is 4.23. The SMILES string of the molecule is CC(C)C(CN)NC(=O)CCc1ccco1. The molecule has 90 valence electrons. The van der Waals surface area contributed by atoms with E-state index in [0.29, 0.717) is 25.3 Å². The third-order valence-electron chi connectivity index (χ3n) is 2.58. The molecule has 0 aromatic carbocycles. The minimum absolute atomic E-state index is 0.0283. The standard InChI is InChI=1S/C12H20N2O2/c1-9(2)11(8-13)14-12(15)6-5-10-4-3-7-16-10/h3-4,7,9,11H,5-6,8,13H2,1-2H3,(H,14,15). The summed E-state index contributed by atoms with van der Waals surface area (Å²) in [6.07, 6.45) is 2.69. The molecule has 4 nitrogen and oxygen atoms in total. The van der Waals surface area contributed by atoms with Gasteiger partial charge in [0.25, 0.3) is 0 Å². The predicted molar refractivity (Wildman–Crippen MR) is 62.9 cm³/mol. The second kappa shape index (κ2) is 6.33. The first kappa shape index (κ1) is 12.8. The van der Waals surface area contributed by atoms with Gasteiger partial charge in [0.2, 0.25) is 5.91 Å². The van der Waals surface area contributed by atoms with Gasteiger partial charge in [-0.2, -0.15) is 0 Å². The monoisotopic (exact) mass is 224 g/mol. The van der Waals surface area contributed by atoms with Gasteiger partial charge >= 0.3 is 0 Å². The number of carbonyl (C=O) groups excluding carboxylic acids is 1. The number of nitrogens with two attached hydrogens (primary N) is 1. The van der Waals surface area contributed by atoms with E-state index in [0.717, 1.165) is 5.76 Å². The van der Waals surface area contributed by atoms with Crippen molar-refractivity contribution in [3.8, 4) is 0 Å². The Hall–Kier alpha value is -1.29. The predicted octanol–water partition coefficient (Wildman–Crippen LogP) is 1.31. The quantitative estimate of drug-likeness (QED) is 0.765. The van der Waals surface area contributed by atoms with Crippen LogP contribution in [0, 0.1) is 5.92 Å². The zero-order chi connectivity index (χ0) is 12.0. The van der Waals surface area contributed by atoms with Gasteiger partial charge in [0.05, 0.1) is 6.26 Å². The van der Waals surface area contributed by atoms with Crippen molar-refractivity contribution in [3.05, 3.63) is 24.2 Å². The lowest BCUT2D eigenvalue weighted by molar-refractivity contribution is -0.122. The molecule has 0 bridgehead atoms. The number of nitrogens with one attached hydrogen (secondary N) is 1. The van der Waals surface area contributed by atoms with Crippen molar-refractivity contribution in [2.45, 2.75) is 32.7 Å². The zero-order valence-corrected chi connectivity index (χ0v) is 9.90. The van der Waals surface area contributed by atoms with Crippen molar-refractivity contribution in [1.82, 2.24) is 5.32 Å². The summed E-state index contributed by atoms with van der Waals surface area (Å²) < 4.78 is 5.16. The summed E-state index contributed by atoms with van der Waals surface area (Å²) in [6.45, 7) is 4.57. The van der Waals surface area contributed by atoms with E-state index >= 15 is 0 Å². The van der Waals surface area contributed by atoms with Crippen LogP contribution in [0.4, 0.5) is 0 Å². The molecule has 0 saturated carbocycles. The molecule has 1 atom stereocenters. The average molecular weight is 224 g/mol. The summed E-state index contributed by atoms with van der Waals surface area (Å²) in [5, 5.41) is 2.92. The first-order valence-electron chi connectivity index (χ1n) is 5.65. The molecule has 0 spiro atoms. The van der Waals surface area contributed by atoms with Gasteiger partial charge in [-0.3, -0.25) is 4.79 Å². The molecule has 4 heteroatoms. The highest BCUT2D eigenvalue weighted by molar-refractivity contribution is 5.76. The van der Waals surface area contributed by atoms with Crippen molar-refractivity contribution in [2.75, 3.05) is 6.54 Å². The van der Waals surface area contributed by atoms with Crippen LogP contribution in [0.1, 0.15) is 26.0 Å². The van der Waals surface area contributed by atoms with E-state index in [9.17, 15) is 4.79 Å². The fraction of sp³-hybridized carbons (Fsp3) is 0.583. The van der Waals surface area contributed by atoms with Crippen LogP contribution in [0.3, 0.4) is 0 Å². The summed E-state index contributed by atoms with van der Waals surface area (Å²) in [5.74, 6) is 1.22. The third-order valence-corrected chi connectivity index (χ3v) is 2.58. The van der Waals surface area contributed by atoms with Crippen molar-refractivity contribution >= 4 is 5.91 Å². The molecule has 1 rings (SSSR count). The maximum Gasteiger partial charge on any atom is 0.220 e. The molecule has 0 radical (unpaired) electrons. The van der Waals surface area contributed by atoms with Gasteiger partial charge in [0, 0.05) is 25.4 Å². The molecule has 1 aromatic rings. The molecule has 3 N–H and O–H groups in total. The Labute approximate surface area is 96.2 Å². The van der Waals surface area contributed by atoms with E-state index in [1.165, 1.54) is 0 Å². The summed E-state index contributed by atoms with van der Waals surface area (Å²) >= 11 is 0. The normalized spacial score (nSPS) is 12.8. The number of hydrogen-bond donors (Lipinski definition) is 2. The van der Waals surface area contributed by atoms with Gasteiger partial charge in [0.1, 0.15) is 5.76 Å². The Morgan fingerprint density at radius 1 is 1.56 bits per heavy atom. The van der Waals surface area contributed by atoms with Crippen LogP contribution >= 0.6 is 0 Å². The van der Waals surface area contributed by atoms with Crippen LogP contribution in [0.2, 0.25) is 0 Å². The maximum absolute atomic E-state index is 11.6. The number of carbonyl (C=O) groups is 1. The lowest BCUT2D eigenvalue weighted by Crippen LogP contribution is -2.43. The summed E-state index contributed by atoms with van der Waals surface area (Å²) in [6, 6.07) is 3.75. The van der Waals surface area contributed by atoms with Crippen molar-refractivity contribution in [1.29, 1.82) is 0 Å². The highest BCUT2D eigenvalue weighted by atomic mass is 16.3. The van der Waals surface area contributed by atoms with Gasteiger partial charge in [-0.1, -0.05) is 13.8 Å². The Balaban J connectivity index is 2.30. The summed E-state index contributed by atoms with van der Waals surface area (Å²) in [5.41, 5.74) is 5.58. The lowest BCUT2D eigenvalue weighted by Gasteiger charge is -2.20. The van der Waals surface area contributed by atoms with E-state index in [1.807, 2.05) is 26.0 Å². The fourth-order valence-corrected chi connectivity index (χ4v) is 1.47. The fourth-order valence-electron chi connectivity index (χ4n) is 1.47. The lowest BCUT2D eigenvalue weighted by atomic mass is 10.0. The van der Waals surface area contributed by atoms with Crippen LogP contribution in [0.25, 0.3) is 0 Å². The van der Waals surface area contributed by atoms with E-state index in [1.54, 1.807) is 6.26 Å². The first-order chi connectivity index (χ1) is 7.63. The zero-order valence-electron chi connectivity index (χ0n) is 9.90. The van der Waals surface area contributed by atoms with Crippen molar-refractivity contribution in [3.63, 3.8) is 0 Å². The van der Waals surface area contributed by atoms with E-state index in [-0.39, 0.29) is 11.9 Å². The minimum Gasteiger partial charge on any atom is -0.469 e. The topological polar surface area (TPSA) is 68.3 Å². The smallest absolute Gasteiger partial charge is 0.220 e. The van der Waals surface area contributed by atoms with Gasteiger partial charge in [0.15, 0.2) is 0 Å². The van der Waals surface area contributed by atoms with E-state index in [2.05, 4.69) is 5.32 Å². The minimum atomic E-state index is 0.0283. The molecule has 0 aliphatic rings. The summed E-state index contributed by atoms with van der Waals surface area (Å²) in [4.78, 5) is 11.6. The Bertz CT molecular complexity index is 307. The molecule has 1 heterocycles. The molecular formula is C12H20N2O2. The van der Waals surface area contributed by atoms with Crippen LogP contribution in [0.5, 0.6) is 0 Å². The first-order valence-corrected chi connectivity index (χ1v) is 5.65. The van der Waals surface area contributed by atoms with Crippen LogP contribution in [-0.4, -0.2) is 18.5 Å². The maximum atomic E-state index is 11.6. The third kappa shape index (κ3) is 4.06. The Morgan fingerprint density at radius 2 is 2.31 bits per heavy atom. The molecule has 16 heavy (non-hydrogen) atoms. The van der Waals surface area contributed by atoms with E-state index in [4.69, 9.17) is 10.2 Å². The van der Waals surface area contributed by atoms with Gasteiger partial charge in [-0.05, 0) is 18.1 Å². The van der Waals surface area contributed by atoms with Crippen LogP contribution in [-0.2, 0) is 11.2 Å². The van der Waals surface area contributed by atoms with Gasteiger partial charge < -0.3 is 15.5 Å². The molecule has 0 fully saturated rings. The number of furan rings is 1. The molecule has 1 aromatic heterocycles. The number of rotatable bonds is 6. The number of hydrogen-bond acceptors (Lipinski definition) is 3. The molecule has 0 aliphatic carbocycles. The van der Waals surface area contributed by atoms with Gasteiger partial charge in [-0.15, -0.1) is 0 Å². The molecule has 1 unspecified atom stereocenters. The molecule has 0 saturated heterocycles. The van der Waals surface area contributed by atoms with Crippen molar-refractivity contribution < 1.29 is 9.21 Å². The largest absolute Gasteiger partial charge is 0.469 e. The average Bonchev–Trinajstić information content (AvgIpc) is 2.75. The van der Waals surface area contributed by atoms with Crippen molar-refractivity contribution in [2.24, 2.45) is 11.7 Å². The van der Waals surface area contributed by atoms with Gasteiger partial charge in [-0.25, -0.2) is 0 Å². The second-order valence-electron chi connectivity index (χ2n) is 4.23. The molecular weight excluding hydrogens is 204 g/mol. The highest BCUT2D eigenvalue weighted by Crippen LogP contribution is 2.05. The van der Waals surface area contributed by atoms with Crippen LogP contribution < -0.4 is 11.1 Å². The molecule has 1 amide bonds. The summed E-state index contributed by atoms with van der Waals surface area (Å²) in [7, 11) is 0. The number of aryl methyl sites for hydroxylation is 1. The Kier molecular flexibility index (Phi) is 5.05. The number of amides is 1.